The summed E-state index contributed by atoms with van der Waals surface area (Å²) in [5.41, 5.74) is 0.949. The maximum Gasteiger partial charge on any atom is 0.246 e. The van der Waals surface area contributed by atoms with Gasteiger partial charge in [0, 0.05) is 29.4 Å². The van der Waals surface area contributed by atoms with E-state index in [-0.39, 0.29) is 18.3 Å². The van der Waals surface area contributed by atoms with Crippen molar-refractivity contribution in [2.45, 2.75) is 0 Å². The van der Waals surface area contributed by atoms with Crippen LogP contribution in [0.5, 0.6) is 0 Å². The minimum atomic E-state index is -0.257. The highest BCUT2D eigenvalue weighted by molar-refractivity contribution is 7.16. The van der Waals surface area contributed by atoms with E-state index in [2.05, 4.69) is 0 Å². The molecule has 21 heavy (non-hydrogen) atoms. The van der Waals surface area contributed by atoms with Crippen molar-refractivity contribution in [3.8, 4) is 10.4 Å². The van der Waals surface area contributed by atoms with E-state index in [1.165, 1.54) is 34.4 Å². The zero-order valence-electron chi connectivity index (χ0n) is 11.6. The van der Waals surface area contributed by atoms with E-state index >= 15 is 0 Å². The van der Waals surface area contributed by atoms with Crippen molar-refractivity contribution >= 4 is 23.3 Å². The van der Waals surface area contributed by atoms with Gasteiger partial charge in [0.25, 0.3) is 0 Å². The van der Waals surface area contributed by atoms with Crippen molar-refractivity contribution in [1.82, 2.24) is 4.90 Å². The average Bonchev–Trinajstić information content (AvgIpc) is 2.94. The molecule has 3 nitrogen and oxygen atoms in total. The average molecular weight is 305 g/mol. The number of thiophene rings is 1. The summed E-state index contributed by atoms with van der Waals surface area (Å²) in [6.45, 7) is 0.262. The lowest BCUT2D eigenvalue weighted by atomic mass is 10.2. The zero-order valence-corrected chi connectivity index (χ0v) is 12.4. The monoisotopic (exact) mass is 305 g/mol. The topological polar surface area (TPSA) is 40.5 Å². The predicted molar refractivity (Wildman–Crippen MR) is 83.5 cm³/mol. The summed E-state index contributed by atoms with van der Waals surface area (Å²) in [6.07, 6.45) is 3.23. The first-order valence-corrected chi connectivity index (χ1v) is 7.31. The van der Waals surface area contributed by atoms with Gasteiger partial charge in [0.1, 0.15) is 5.82 Å². The van der Waals surface area contributed by atoms with E-state index in [0.717, 1.165) is 15.3 Å². The third kappa shape index (κ3) is 4.24. The summed E-state index contributed by atoms with van der Waals surface area (Å²) < 4.78 is 12.9. The number of halogens is 1. The first-order chi connectivity index (χ1) is 10.1. The van der Waals surface area contributed by atoms with Crippen LogP contribution in [-0.2, 0) is 4.79 Å². The van der Waals surface area contributed by atoms with E-state index < -0.39 is 0 Å². The predicted octanol–water partition coefficient (Wildman–Crippen LogP) is 3.02. The number of aliphatic hydroxyl groups excluding tert-OH is 1. The van der Waals surface area contributed by atoms with Gasteiger partial charge in [-0.05, 0) is 35.9 Å². The molecule has 0 saturated carbocycles. The summed E-state index contributed by atoms with van der Waals surface area (Å²) in [5.74, 6) is -0.409. The molecule has 0 saturated heterocycles. The SMILES string of the molecule is CN(CCO)C(=O)/C=C/c1ccc(-c2ccc(F)cc2)s1. The van der Waals surface area contributed by atoms with Gasteiger partial charge in [-0.2, -0.15) is 0 Å². The number of aliphatic hydroxyl groups is 1. The Balaban J connectivity index is 2.06. The van der Waals surface area contributed by atoms with Crippen LogP contribution in [0.2, 0.25) is 0 Å². The second kappa shape index (κ2) is 7.15. The summed E-state index contributed by atoms with van der Waals surface area (Å²) in [5, 5.41) is 8.78. The molecular weight excluding hydrogens is 289 g/mol. The normalized spacial score (nSPS) is 11.0. The minimum Gasteiger partial charge on any atom is -0.395 e. The molecule has 0 aliphatic heterocycles. The van der Waals surface area contributed by atoms with Gasteiger partial charge in [-0.15, -0.1) is 11.3 Å². The number of carbonyl (C=O) groups excluding carboxylic acids is 1. The number of hydrogen-bond donors (Lipinski definition) is 1. The Morgan fingerprint density at radius 1 is 1.29 bits per heavy atom. The molecule has 0 aliphatic rings. The van der Waals surface area contributed by atoms with Gasteiger partial charge in [0.15, 0.2) is 0 Å². The zero-order chi connectivity index (χ0) is 15.2. The van der Waals surface area contributed by atoms with Crippen molar-refractivity contribution < 1.29 is 14.3 Å². The molecule has 2 aromatic rings. The van der Waals surface area contributed by atoms with Gasteiger partial charge in [-0.3, -0.25) is 4.79 Å². The molecule has 1 heterocycles. The third-order valence-corrected chi connectivity index (χ3v) is 4.06. The summed E-state index contributed by atoms with van der Waals surface area (Å²) in [6, 6.07) is 10.2. The van der Waals surface area contributed by atoms with Crippen LogP contribution in [-0.4, -0.2) is 36.1 Å². The number of likely N-dealkylation sites (N-methyl/N-ethyl adjacent to an activating group) is 1. The molecule has 0 radical (unpaired) electrons. The van der Waals surface area contributed by atoms with Gasteiger partial charge in [-0.1, -0.05) is 12.1 Å². The molecule has 5 heteroatoms. The van der Waals surface area contributed by atoms with Crippen LogP contribution in [0.25, 0.3) is 16.5 Å². The van der Waals surface area contributed by atoms with Crippen LogP contribution in [0.1, 0.15) is 4.88 Å². The lowest BCUT2D eigenvalue weighted by Gasteiger charge is -2.12. The largest absolute Gasteiger partial charge is 0.395 e. The molecule has 1 aromatic heterocycles. The highest BCUT2D eigenvalue weighted by Gasteiger charge is 2.05. The number of rotatable bonds is 5. The molecule has 1 aromatic carbocycles. The highest BCUT2D eigenvalue weighted by atomic mass is 32.1. The molecular formula is C16H16FNO2S. The molecule has 0 unspecified atom stereocenters. The Kier molecular flexibility index (Phi) is 5.25. The summed E-state index contributed by atoms with van der Waals surface area (Å²) in [7, 11) is 1.64. The van der Waals surface area contributed by atoms with E-state index in [0.29, 0.717) is 6.54 Å². The lowest BCUT2D eigenvalue weighted by molar-refractivity contribution is -0.125. The van der Waals surface area contributed by atoms with Crippen molar-refractivity contribution in [2.24, 2.45) is 0 Å². The van der Waals surface area contributed by atoms with Crippen molar-refractivity contribution in [3.63, 3.8) is 0 Å². The lowest BCUT2D eigenvalue weighted by Crippen LogP contribution is -2.27. The minimum absolute atomic E-state index is 0.0518. The third-order valence-electron chi connectivity index (χ3n) is 2.96. The standard InChI is InChI=1S/C16H16FNO2S/c1-18(10-11-19)16(20)9-7-14-6-8-15(21-14)12-2-4-13(17)5-3-12/h2-9,19H,10-11H2,1H3/b9-7+. The molecule has 0 atom stereocenters. The smallest absolute Gasteiger partial charge is 0.246 e. The molecule has 0 fully saturated rings. The van der Waals surface area contributed by atoms with Crippen LogP contribution >= 0.6 is 11.3 Å². The quantitative estimate of drug-likeness (QED) is 0.863. The Hall–Kier alpha value is -1.98. The van der Waals surface area contributed by atoms with Crippen molar-refractivity contribution in [2.75, 3.05) is 20.2 Å². The van der Waals surface area contributed by atoms with Crippen molar-refractivity contribution in [1.29, 1.82) is 0 Å². The maximum absolute atomic E-state index is 12.9. The fourth-order valence-electron chi connectivity index (χ4n) is 1.75. The number of nitrogens with zero attached hydrogens (tertiary/aromatic N) is 1. The van der Waals surface area contributed by atoms with E-state index in [9.17, 15) is 9.18 Å². The first kappa shape index (κ1) is 15.4. The number of benzene rings is 1. The Labute approximate surface area is 127 Å². The molecule has 110 valence electrons. The van der Waals surface area contributed by atoms with Gasteiger partial charge in [0.05, 0.1) is 6.61 Å². The first-order valence-electron chi connectivity index (χ1n) is 6.50. The van der Waals surface area contributed by atoms with Crippen molar-refractivity contribution in [3.05, 3.63) is 53.2 Å². The Morgan fingerprint density at radius 3 is 2.67 bits per heavy atom. The van der Waals surface area contributed by atoms with Crippen LogP contribution in [0, 0.1) is 5.82 Å². The van der Waals surface area contributed by atoms with Gasteiger partial charge >= 0.3 is 0 Å². The van der Waals surface area contributed by atoms with Crippen LogP contribution in [0.4, 0.5) is 4.39 Å². The fraction of sp³-hybridized carbons (Fsp3) is 0.188. The molecule has 0 bridgehead atoms. The van der Waals surface area contributed by atoms with Crippen LogP contribution < -0.4 is 0 Å². The van der Waals surface area contributed by atoms with Crippen LogP contribution in [0.15, 0.2) is 42.5 Å². The molecule has 0 spiro atoms. The van der Waals surface area contributed by atoms with Gasteiger partial charge in [0.2, 0.25) is 5.91 Å². The maximum atomic E-state index is 12.9. The fourth-order valence-corrected chi connectivity index (χ4v) is 2.67. The van der Waals surface area contributed by atoms with E-state index in [4.69, 9.17) is 5.11 Å². The number of carbonyl (C=O) groups is 1. The number of amides is 1. The summed E-state index contributed by atoms with van der Waals surface area (Å²) >= 11 is 1.53. The second-order valence-electron chi connectivity index (χ2n) is 4.53. The van der Waals surface area contributed by atoms with E-state index in [1.54, 1.807) is 25.3 Å². The summed E-state index contributed by atoms with van der Waals surface area (Å²) in [4.78, 5) is 15.1. The number of hydrogen-bond acceptors (Lipinski definition) is 3. The Morgan fingerprint density at radius 2 is 2.00 bits per heavy atom. The van der Waals surface area contributed by atoms with Gasteiger partial charge in [-0.25, -0.2) is 4.39 Å². The highest BCUT2D eigenvalue weighted by Crippen LogP contribution is 2.28. The molecule has 1 amide bonds. The van der Waals surface area contributed by atoms with Crippen LogP contribution in [0.3, 0.4) is 0 Å². The molecule has 2 rings (SSSR count). The van der Waals surface area contributed by atoms with E-state index in [1.807, 2.05) is 12.1 Å². The Bertz CT molecular complexity index is 634. The van der Waals surface area contributed by atoms with Gasteiger partial charge < -0.3 is 10.0 Å². The molecule has 1 N–H and O–H groups in total. The second-order valence-corrected chi connectivity index (χ2v) is 5.64. The molecule has 0 aliphatic carbocycles.